The van der Waals surface area contributed by atoms with Crippen molar-refractivity contribution in [3.05, 3.63) is 0 Å². The SMILES string of the molecule is CCCC(NC)C1C[Si](F)(F)CC1S. The molecule has 14 heavy (non-hydrogen) atoms. The third kappa shape index (κ3) is 2.94. The predicted octanol–water partition coefficient (Wildman–Crippen LogP) is 2.68. The number of hydrogen-bond acceptors (Lipinski definition) is 2. The lowest BCUT2D eigenvalue weighted by Gasteiger charge is -2.25. The van der Waals surface area contributed by atoms with E-state index in [1.54, 1.807) is 0 Å². The average molecular weight is 239 g/mol. The minimum atomic E-state index is -3.89. The van der Waals surface area contributed by atoms with Gasteiger partial charge in [-0.25, -0.2) is 0 Å². The number of hydrogen-bond donors (Lipinski definition) is 2. The van der Waals surface area contributed by atoms with Crippen molar-refractivity contribution >= 4 is 21.4 Å². The summed E-state index contributed by atoms with van der Waals surface area (Å²) in [6.07, 6.45) is 2.01. The van der Waals surface area contributed by atoms with E-state index in [1.807, 2.05) is 7.05 Å². The van der Waals surface area contributed by atoms with Gasteiger partial charge in [0.25, 0.3) is 0 Å². The fraction of sp³-hybridized carbons (Fsp3) is 1.00. The highest BCUT2D eigenvalue weighted by Crippen LogP contribution is 2.42. The fourth-order valence-electron chi connectivity index (χ4n) is 2.32. The van der Waals surface area contributed by atoms with E-state index in [4.69, 9.17) is 0 Å². The maximum Gasteiger partial charge on any atom is 0.426 e. The van der Waals surface area contributed by atoms with Crippen molar-refractivity contribution in [3.8, 4) is 0 Å². The summed E-state index contributed by atoms with van der Waals surface area (Å²) in [6, 6.07) is 0.429. The fourth-order valence-corrected chi connectivity index (χ4v) is 5.97. The van der Waals surface area contributed by atoms with Crippen LogP contribution in [0.5, 0.6) is 0 Å². The van der Waals surface area contributed by atoms with Crippen molar-refractivity contribution in [2.75, 3.05) is 7.05 Å². The first kappa shape index (κ1) is 12.5. The van der Waals surface area contributed by atoms with Crippen LogP contribution in [0.2, 0.25) is 12.1 Å². The molecule has 1 heterocycles. The predicted molar refractivity (Wildman–Crippen MR) is 61.6 cm³/mol. The van der Waals surface area contributed by atoms with Crippen LogP contribution in [0.4, 0.5) is 8.22 Å². The van der Waals surface area contributed by atoms with Gasteiger partial charge in [-0.05, 0) is 19.4 Å². The van der Waals surface area contributed by atoms with Crippen LogP contribution in [-0.4, -0.2) is 27.1 Å². The second-order valence-corrected chi connectivity index (χ2v) is 7.37. The second-order valence-electron chi connectivity index (χ2n) is 4.18. The van der Waals surface area contributed by atoms with Gasteiger partial charge in [-0.2, -0.15) is 12.6 Å². The molecule has 0 aromatic rings. The first-order chi connectivity index (χ1) is 6.50. The molecule has 1 rings (SSSR count). The molecule has 3 atom stereocenters. The summed E-state index contributed by atoms with van der Waals surface area (Å²) >= 11 is 4.30. The molecule has 5 heteroatoms. The van der Waals surface area contributed by atoms with Crippen LogP contribution in [0, 0.1) is 5.92 Å². The van der Waals surface area contributed by atoms with Crippen molar-refractivity contribution in [2.45, 2.75) is 43.1 Å². The largest absolute Gasteiger partial charge is 0.426 e. The summed E-state index contributed by atoms with van der Waals surface area (Å²) < 4.78 is 26.5. The Bertz CT molecular complexity index is 192. The topological polar surface area (TPSA) is 12.0 Å². The zero-order valence-electron chi connectivity index (χ0n) is 8.76. The van der Waals surface area contributed by atoms with E-state index in [0.717, 1.165) is 12.8 Å². The van der Waals surface area contributed by atoms with Gasteiger partial charge in [-0.3, -0.25) is 8.22 Å². The van der Waals surface area contributed by atoms with Crippen molar-refractivity contribution in [1.82, 2.24) is 5.32 Å². The van der Waals surface area contributed by atoms with Gasteiger partial charge < -0.3 is 5.32 Å². The molecule has 1 fully saturated rings. The van der Waals surface area contributed by atoms with Gasteiger partial charge in [0.15, 0.2) is 0 Å². The van der Waals surface area contributed by atoms with Crippen LogP contribution in [0.3, 0.4) is 0 Å². The van der Waals surface area contributed by atoms with E-state index in [-0.39, 0.29) is 29.3 Å². The van der Waals surface area contributed by atoms with Crippen molar-refractivity contribution in [1.29, 1.82) is 0 Å². The molecule has 3 unspecified atom stereocenters. The maximum atomic E-state index is 13.2. The summed E-state index contributed by atoms with van der Waals surface area (Å²) in [7, 11) is -2.03. The van der Waals surface area contributed by atoms with Crippen molar-refractivity contribution in [3.63, 3.8) is 0 Å². The number of nitrogens with one attached hydrogen (secondary N) is 1. The Balaban J connectivity index is 2.58. The lowest BCUT2D eigenvalue weighted by Crippen LogP contribution is -2.36. The standard InChI is InChI=1S/C9H19F2NSSi/c1-3-4-8(12-2)7-5-14(10,11)6-9(7)13/h7-9,12-13H,3-6H2,1-2H3. The average Bonchev–Trinajstić information content (AvgIpc) is 2.35. The van der Waals surface area contributed by atoms with E-state index in [0.29, 0.717) is 0 Å². The smallest absolute Gasteiger partial charge is 0.317 e. The van der Waals surface area contributed by atoms with E-state index in [2.05, 4.69) is 24.9 Å². The second kappa shape index (κ2) is 4.94. The molecule has 1 saturated heterocycles. The van der Waals surface area contributed by atoms with Crippen LogP contribution >= 0.6 is 12.6 Å². The number of thiol groups is 1. The van der Waals surface area contributed by atoms with Crippen molar-refractivity contribution < 1.29 is 8.22 Å². The Kier molecular flexibility index (Phi) is 4.40. The molecular formula is C9H19F2NSSi. The molecule has 0 radical (unpaired) electrons. The van der Waals surface area contributed by atoms with Gasteiger partial charge in [-0.15, -0.1) is 0 Å². The molecule has 0 saturated carbocycles. The molecule has 1 aliphatic rings. The van der Waals surface area contributed by atoms with Gasteiger partial charge in [0.2, 0.25) is 0 Å². The highest BCUT2D eigenvalue weighted by molar-refractivity contribution is 7.81. The molecule has 84 valence electrons. The van der Waals surface area contributed by atoms with Crippen LogP contribution in [0.1, 0.15) is 19.8 Å². The molecule has 0 aliphatic carbocycles. The number of rotatable bonds is 4. The first-order valence-corrected chi connectivity index (χ1v) is 7.92. The normalized spacial score (nSPS) is 33.2. The molecule has 0 bridgehead atoms. The zero-order valence-corrected chi connectivity index (χ0v) is 10.7. The van der Waals surface area contributed by atoms with Gasteiger partial charge in [-0.1, -0.05) is 13.3 Å². The molecule has 0 aromatic carbocycles. The van der Waals surface area contributed by atoms with Crippen LogP contribution in [0.15, 0.2) is 0 Å². The summed E-state index contributed by atoms with van der Waals surface area (Å²) in [4.78, 5) is 0. The van der Waals surface area contributed by atoms with Gasteiger partial charge in [0, 0.05) is 23.4 Å². The molecule has 1 aliphatic heterocycles. The minimum Gasteiger partial charge on any atom is -0.317 e. The monoisotopic (exact) mass is 239 g/mol. The van der Waals surface area contributed by atoms with Gasteiger partial charge in [0.05, 0.1) is 0 Å². The lowest BCUT2D eigenvalue weighted by atomic mass is 9.95. The minimum absolute atomic E-state index is 0.0721. The quantitative estimate of drug-likeness (QED) is 0.437. The lowest BCUT2D eigenvalue weighted by molar-refractivity contribution is 0.381. The third-order valence-electron chi connectivity index (χ3n) is 3.02. The van der Waals surface area contributed by atoms with Crippen LogP contribution in [0.25, 0.3) is 0 Å². The maximum absolute atomic E-state index is 13.2. The molecule has 0 spiro atoms. The third-order valence-corrected chi connectivity index (χ3v) is 6.04. The Morgan fingerprint density at radius 2 is 2.14 bits per heavy atom. The van der Waals surface area contributed by atoms with Crippen LogP contribution < -0.4 is 5.32 Å². The summed E-state index contributed by atoms with van der Waals surface area (Å²) in [6.45, 7) is 2.09. The molecule has 1 N–H and O–H groups in total. The Morgan fingerprint density at radius 3 is 2.50 bits per heavy atom. The van der Waals surface area contributed by atoms with Gasteiger partial charge >= 0.3 is 8.74 Å². The van der Waals surface area contributed by atoms with Crippen LogP contribution in [-0.2, 0) is 0 Å². The van der Waals surface area contributed by atoms with E-state index >= 15 is 0 Å². The molecule has 0 amide bonds. The highest BCUT2D eigenvalue weighted by Gasteiger charge is 2.50. The summed E-state index contributed by atoms with van der Waals surface area (Å²) in [5, 5.41) is 3.06. The summed E-state index contributed by atoms with van der Waals surface area (Å²) in [5.74, 6) is 0.0740. The molecule has 0 aromatic heterocycles. The summed E-state index contributed by atoms with van der Waals surface area (Å²) in [5.41, 5.74) is 0. The Hall–Kier alpha value is 0.387. The first-order valence-electron chi connectivity index (χ1n) is 5.23. The van der Waals surface area contributed by atoms with Gasteiger partial charge in [0.1, 0.15) is 0 Å². The molecule has 1 nitrogen and oxygen atoms in total. The Labute approximate surface area is 91.4 Å². The number of halogens is 2. The Morgan fingerprint density at radius 1 is 1.50 bits per heavy atom. The van der Waals surface area contributed by atoms with Crippen molar-refractivity contribution in [2.24, 2.45) is 5.92 Å². The molecular weight excluding hydrogens is 220 g/mol. The highest BCUT2D eigenvalue weighted by atomic mass is 32.1. The van der Waals surface area contributed by atoms with E-state index in [1.165, 1.54) is 0 Å². The van der Waals surface area contributed by atoms with E-state index < -0.39 is 8.74 Å². The van der Waals surface area contributed by atoms with E-state index in [9.17, 15) is 8.22 Å². The zero-order chi connectivity index (χ0) is 10.8.